The molecule has 27 heavy (non-hydrogen) atoms. The molecule has 0 aliphatic carbocycles. The van der Waals surface area contributed by atoms with Gasteiger partial charge >= 0.3 is 0 Å². The molecule has 7 heteroatoms. The van der Waals surface area contributed by atoms with Gasteiger partial charge in [0.1, 0.15) is 5.75 Å². The van der Waals surface area contributed by atoms with Crippen molar-refractivity contribution in [2.75, 3.05) is 26.1 Å². The highest BCUT2D eigenvalue weighted by Crippen LogP contribution is 2.32. The van der Waals surface area contributed by atoms with Crippen molar-refractivity contribution in [2.45, 2.75) is 6.92 Å². The summed E-state index contributed by atoms with van der Waals surface area (Å²) in [6, 6.07) is 14.0. The fraction of sp³-hybridized carbons (Fsp3) is 0.200. The van der Waals surface area contributed by atoms with E-state index in [1.165, 1.54) is 0 Å². The number of carbonyl (C=O) groups is 1. The fourth-order valence-corrected chi connectivity index (χ4v) is 2.50. The van der Waals surface area contributed by atoms with Gasteiger partial charge in [0, 0.05) is 17.3 Å². The maximum atomic E-state index is 12.4. The quantitative estimate of drug-likeness (QED) is 0.678. The summed E-state index contributed by atoms with van der Waals surface area (Å²) in [6.07, 6.45) is 0. The largest absolute Gasteiger partial charge is 0.494 e. The van der Waals surface area contributed by atoms with Crippen LogP contribution >= 0.6 is 0 Å². The third-order valence-corrected chi connectivity index (χ3v) is 3.83. The molecule has 0 aliphatic rings. The van der Waals surface area contributed by atoms with Crippen molar-refractivity contribution in [2.24, 2.45) is 0 Å². The van der Waals surface area contributed by atoms with Gasteiger partial charge in [-0.15, -0.1) is 0 Å². The molecular weight excluding hydrogens is 348 g/mol. The van der Waals surface area contributed by atoms with E-state index in [9.17, 15) is 4.79 Å². The maximum Gasteiger partial charge on any atom is 0.277 e. The monoisotopic (exact) mass is 368 g/mol. The molecule has 0 fully saturated rings. The van der Waals surface area contributed by atoms with E-state index < -0.39 is 0 Å². The number of carbonyl (C=O) groups excluding carboxylic acids is 1. The standard InChI is InChI=1S/C20H20N2O5/c1-4-26-15-8-6-14(7-9-15)21-20(23)16-12-18(27-22-16)13-5-10-17(24-2)19(11-13)25-3/h5-12H,4H2,1-3H3,(H,21,23). The number of rotatable bonds is 7. The molecule has 0 radical (unpaired) electrons. The lowest BCUT2D eigenvalue weighted by atomic mass is 10.1. The summed E-state index contributed by atoms with van der Waals surface area (Å²) >= 11 is 0. The van der Waals surface area contributed by atoms with Gasteiger partial charge in [-0.3, -0.25) is 4.79 Å². The number of benzene rings is 2. The van der Waals surface area contributed by atoms with Gasteiger partial charge < -0.3 is 24.1 Å². The summed E-state index contributed by atoms with van der Waals surface area (Å²) in [4.78, 5) is 12.4. The Balaban J connectivity index is 1.74. The van der Waals surface area contributed by atoms with Crippen molar-refractivity contribution in [3.63, 3.8) is 0 Å². The third-order valence-electron chi connectivity index (χ3n) is 3.83. The first-order valence-electron chi connectivity index (χ1n) is 8.38. The number of nitrogens with zero attached hydrogens (tertiary/aromatic N) is 1. The molecule has 0 aliphatic heterocycles. The molecule has 0 saturated heterocycles. The van der Waals surface area contributed by atoms with Crippen molar-refractivity contribution >= 4 is 11.6 Å². The average molecular weight is 368 g/mol. The number of aromatic nitrogens is 1. The summed E-state index contributed by atoms with van der Waals surface area (Å²) in [5, 5.41) is 6.62. The Hall–Kier alpha value is -3.48. The lowest BCUT2D eigenvalue weighted by Crippen LogP contribution is -2.12. The Kier molecular flexibility index (Phi) is 5.61. The van der Waals surface area contributed by atoms with Crippen molar-refractivity contribution in [1.82, 2.24) is 5.16 Å². The lowest BCUT2D eigenvalue weighted by molar-refractivity contribution is 0.101. The van der Waals surface area contributed by atoms with E-state index in [1.807, 2.05) is 6.92 Å². The predicted octanol–water partition coefficient (Wildman–Crippen LogP) is 4.01. The number of methoxy groups -OCH3 is 2. The fourth-order valence-electron chi connectivity index (χ4n) is 2.50. The molecule has 3 aromatic rings. The Labute approximate surface area is 156 Å². The second-order valence-electron chi connectivity index (χ2n) is 5.56. The van der Waals surface area contributed by atoms with Crippen molar-refractivity contribution < 1.29 is 23.5 Å². The minimum Gasteiger partial charge on any atom is -0.494 e. The van der Waals surface area contributed by atoms with Crippen LogP contribution < -0.4 is 19.5 Å². The van der Waals surface area contributed by atoms with Gasteiger partial charge in [-0.1, -0.05) is 5.16 Å². The van der Waals surface area contributed by atoms with Gasteiger partial charge in [-0.05, 0) is 49.4 Å². The number of anilines is 1. The first kappa shape index (κ1) is 18.3. The highest BCUT2D eigenvalue weighted by Gasteiger charge is 2.15. The van der Waals surface area contributed by atoms with Crippen LogP contribution in [0.4, 0.5) is 5.69 Å². The highest BCUT2D eigenvalue weighted by atomic mass is 16.5. The summed E-state index contributed by atoms with van der Waals surface area (Å²) in [5.41, 5.74) is 1.54. The number of nitrogens with one attached hydrogen (secondary N) is 1. The van der Waals surface area contributed by atoms with Gasteiger partial charge in [0.05, 0.1) is 20.8 Å². The van der Waals surface area contributed by atoms with Crippen LogP contribution in [0.25, 0.3) is 11.3 Å². The zero-order chi connectivity index (χ0) is 19.2. The first-order chi connectivity index (χ1) is 13.1. The van der Waals surface area contributed by atoms with Gasteiger partial charge in [0.25, 0.3) is 5.91 Å². The maximum absolute atomic E-state index is 12.4. The van der Waals surface area contributed by atoms with E-state index in [-0.39, 0.29) is 11.6 Å². The van der Waals surface area contributed by atoms with E-state index >= 15 is 0 Å². The SMILES string of the molecule is CCOc1ccc(NC(=O)c2cc(-c3ccc(OC)c(OC)c3)on2)cc1. The minimum absolute atomic E-state index is 0.175. The van der Waals surface area contributed by atoms with Crippen LogP contribution in [-0.2, 0) is 0 Å². The van der Waals surface area contributed by atoms with Crippen LogP contribution in [0, 0.1) is 0 Å². The Morgan fingerprint density at radius 2 is 1.78 bits per heavy atom. The molecule has 1 heterocycles. The van der Waals surface area contributed by atoms with Crippen molar-refractivity contribution in [1.29, 1.82) is 0 Å². The zero-order valence-electron chi connectivity index (χ0n) is 15.3. The molecule has 1 amide bonds. The van der Waals surface area contributed by atoms with Crippen LogP contribution in [-0.4, -0.2) is 31.9 Å². The lowest BCUT2D eigenvalue weighted by Gasteiger charge is -2.07. The summed E-state index contributed by atoms with van der Waals surface area (Å²) in [7, 11) is 3.12. The molecular formula is C20H20N2O5. The van der Waals surface area contributed by atoms with E-state index in [4.69, 9.17) is 18.7 Å². The van der Waals surface area contributed by atoms with Crippen LogP contribution in [0.2, 0.25) is 0 Å². The Morgan fingerprint density at radius 1 is 1.04 bits per heavy atom. The third kappa shape index (κ3) is 4.20. The van der Waals surface area contributed by atoms with Gasteiger partial charge in [-0.25, -0.2) is 0 Å². The second-order valence-corrected chi connectivity index (χ2v) is 5.56. The molecule has 3 rings (SSSR count). The van der Waals surface area contributed by atoms with Gasteiger partial charge in [-0.2, -0.15) is 0 Å². The van der Waals surface area contributed by atoms with Crippen LogP contribution in [0.3, 0.4) is 0 Å². The average Bonchev–Trinajstić information content (AvgIpc) is 3.19. The number of amides is 1. The first-order valence-corrected chi connectivity index (χ1v) is 8.38. The van der Waals surface area contributed by atoms with Crippen LogP contribution in [0.15, 0.2) is 53.1 Å². The van der Waals surface area contributed by atoms with Crippen LogP contribution in [0.5, 0.6) is 17.2 Å². The summed E-state index contributed by atoms with van der Waals surface area (Å²) in [6.45, 7) is 2.50. The van der Waals surface area contributed by atoms with Crippen molar-refractivity contribution in [3.05, 3.63) is 54.2 Å². The normalized spacial score (nSPS) is 10.3. The van der Waals surface area contributed by atoms with Gasteiger partial charge in [0.2, 0.25) is 0 Å². The predicted molar refractivity (Wildman–Crippen MR) is 101 cm³/mol. The van der Waals surface area contributed by atoms with E-state index in [0.29, 0.717) is 29.6 Å². The summed E-state index contributed by atoms with van der Waals surface area (Å²) < 4.78 is 21.2. The van der Waals surface area contributed by atoms with E-state index in [2.05, 4.69) is 10.5 Å². The molecule has 1 aromatic heterocycles. The van der Waals surface area contributed by atoms with Crippen LogP contribution in [0.1, 0.15) is 17.4 Å². The minimum atomic E-state index is -0.366. The zero-order valence-corrected chi connectivity index (χ0v) is 15.3. The number of hydrogen-bond donors (Lipinski definition) is 1. The molecule has 2 aromatic carbocycles. The van der Waals surface area contributed by atoms with Crippen molar-refractivity contribution in [3.8, 4) is 28.6 Å². The molecule has 0 bridgehead atoms. The summed E-state index contributed by atoms with van der Waals surface area (Å²) in [5.74, 6) is 2.00. The molecule has 0 atom stereocenters. The molecule has 140 valence electrons. The highest BCUT2D eigenvalue weighted by molar-refractivity contribution is 6.03. The number of ether oxygens (including phenoxy) is 3. The molecule has 7 nitrogen and oxygen atoms in total. The van der Waals surface area contributed by atoms with Gasteiger partial charge in [0.15, 0.2) is 23.0 Å². The number of hydrogen-bond acceptors (Lipinski definition) is 6. The topological polar surface area (TPSA) is 82.8 Å². The Morgan fingerprint density at radius 3 is 2.44 bits per heavy atom. The van der Waals surface area contributed by atoms with E-state index in [0.717, 1.165) is 11.3 Å². The Bertz CT molecular complexity index is 918. The molecule has 0 unspecified atom stereocenters. The second kappa shape index (κ2) is 8.27. The van der Waals surface area contributed by atoms with E-state index in [1.54, 1.807) is 62.8 Å². The smallest absolute Gasteiger partial charge is 0.277 e. The molecule has 1 N–H and O–H groups in total. The molecule has 0 spiro atoms. The molecule has 0 saturated carbocycles.